The van der Waals surface area contributed by atoms with E-state index in [-0.39, 0.29) is 0 Å². The molecule has 0 spiro atoms. The largest absolute Gasteiger partial charge is 0.495 e. The van der Waals surface area contributed by atoms with Gasteiger partial charge in [-0.3, -0.25) is 0 Å². The number of thiol groups is 1. The van der Waals surface area contributed by atoms with Gasteiger partial charge in [-0.15, -0.1) is 12.6 Å². The van der Waals surface area contributed by atoms with Crippen LogP contribution < -0.4 is 4.74 Å². The Balaban J connectivity index is 2.86. The summed E-state index contributed by atoms with van der Waals surface area (Å²) in [5.74, 6) is 0.868. The first-order chi connectivity index (χ1) is 6.74. The molecule has 1 nitrogen and oxygen atoms in total. The first-order valence-corrected chi connectivity index (χ1v) is 4.94. The van der Waals surface area contributed by atoms with Gasteiger partial charge in [-0.05, 0) is 29.3 Å². The van der Waals surface area contributed by atoms with Crippen molar-refractivity contribution in [2.75, 3.05) is 7.11 Å². The van der Waals surface area contributed by atoms with Crippen molar-refractivity contribution in [2.24, 2.45) is 0 Å². The number of ether oxygens (including phenoxy) is 1. The van der Waals surface area contributed by atoms with Crippen LogP contribution >= 0.6 is 12.6 Å². The van der Waals surface area contributed by atoms with Crippen LogP contribution in [0.15, 0.2) is 35.2 Å². The molecule has 0 saturated carbocycles. The minimum atomic E-state index is 0.868. The Labute approximate surface area is 89.1 Å². The lowest BCUT2D eigenvalue weighted by Gasteiger charge is -2.10. The number of fused-ring (bicyclic) bond motifs is 1. The van der Waals surface area contributed by atoms with E-state index in [9.17, 15) is 0 Å². The van der Waals surface area contributed by atoms with Gasteiger partial charge in [0, 0.05) is 4.90 Å². The number of aryl methyl sites for hydroxylation is 1. The fourth-order valence-corrected chi connectivity index (χ4v) is 2.15. The first-order valence-electron chi connectivity index (χ1n) is 4.49. The summed E-state index contributed by atoms with van der Waals surface area (Å²) in [5, 5.41) is 2.43. The van der Waals surface area contributed by atoms with Crippen molar-refractivity contribution < 1.29 is 4.74 Å². The Morgan fingerprint density at radius 2 is 1.93 bits per heavy atom. The molecule has 0 atom stereocenters. The maximum Gasteiger partial charge on any atom is 0.135 e. The Kier molecular flexibility index (Phi) is 2.38. The van der Waals surface area contributed by atoms with Crippen molar-refractivity contribution in [3.63, 3.8) is 0 Å². The molecule has 0 aromatic heterocycles. The highest BCUT2D eigenvalue weighted by Gasteiger charge is 2.07. The molecule has 72 valence electrons. The van der Waals surface area contributed by atoms with Crippen LogP contribution in [0.4, 0.5) is 0 Å². The molecule has 0 aliphatic carbocycles. The van der Waals surface area contributed by atoms with E-state index >= 15 is 0 Å². The molecule has 14 heavy (non-hydrogen) atoms. The molecule has 0 heterocycles. The molecule has 0 aliphatic heterocycles. The number of rotatable bonds is 1. The Bertz CT molecular complexity index is 477. The molecule has 0 unspecified atom stereocenters. The summed E-state index contributed by atoms with van der Waals surface area (Å²) in [6.45, 7) is 2.06. The van der Waals surface area contributed by atoms with E-state index in [1.807, 2.05) is 18.2 Å². The third-order valence-corrected chi connectivity index (χ3v) is 2.77. The van der Waals surface area contributed by atoms with E-state index in [4.69, 9.17) is 4.74 Å². The van der Waals surface area contributed by atoms with Crippen molar-refractivity contribution in [1.29, 1.82) is 0 Å². The van der Waals surface area contributed by atoms with Gasteiger partial charge in [0.1, 0.15) is 5.75 Å². The molecule has 2 aromatic carbocycles. The zero-order valence-corrected chi connectivity index (χ0v) is 9.14. The normalized spacial score (nSPS) is 10.5. The topological polar surface area (TPSA) is 9.23 Å². The van der Waals surface area contributed by atoms with Crippen LogP contribution in [0, 0.1) is 6.92 Å². The van der Waals surface area contributed by atoms with Crippen molar-refractivity contribution in [3.8, 4) is 5.75 Å². The molecule has 0 radical (unpaired) electrons. The Morgan fingerprint density at radius 1 is 1.21 bits per heavy atom. The Hall–Kier alpha value is -1.15. The zero-order valence-electron chi connectivity index (χ0n) is 8.24. The molecule has 0 bridgehead atoms. The molecule has 0 aliphatic rings. The van der Waals surface area contributed by atoms with E-state index in [1.54, 1.807) is 7.11 Å². The average molecular weight is 204 g/mol. The summed E-state index contributed by atoms with van der Waals surface area (Å²) >= 11 is 4.40. The SMILES string of the molecule is COc1c(S)cc2ccccc2c1C. The fraction of sp³-hybridized carbons (Fsp3) is 0.167. The monoisotopic (exact) mass is 204 g/mol. The van der Waals surface area contributed by atoms with E-state index in [2.05, 4.69) is 31.7 Å². The molecule has 2 aromatic rings. The minimum absolute atomic E-state index is 0.868. The maximum atomic E-state index is 5.31. The van der Waals surface area contributed by atoms with E-state index < -0.39 is 0 Å². The molecule has 0 fully saturated rings. The lowest BCUT2D eigenvalue weighted by atomic mass is 10.0. The summed E-state index contributed by atoms with van der Waals surface area (Å²) in [5.41, 5.74) is 1.15. The van der Waals surface area contributed by atoms with Crippen LogP contribution in [0.25, 0.3) is 10.8 Å². The van der Waals surface area contributed by atoms with E-state index in [0.717, 1.165) is 16.2 Å². The van der Waals surface area contributed by atoms with Gasteiger partial charge >= 0.3 is 0 Å². The van der Waals surface area contributed by atoms with Gasteiger partial charge in [-0.2, -0.15) is 0 Å². The standard InChI is InChI=1S/C12H12OS/c1-8-10-6-4-3-5-9(10)7-11(14)12(8)13-2/h3-7,14H,1-2H3. The minimum Gasteiger partial charge on any atom is -0.495 e. The van der Waals surface area contributed by atoms with Crippen molar-refractivity contribution >= 4 is 23.4 Å². The first kappa shape index (κ1) is 9.41. The third-order valence-electron chi connectivity index (χ3n) is 2.43. The van der Waals surface area contributed by atoms with Gasteiger partial charge in [0.25, 0.3) is 0 Å². The second-order valence-corrected chi connectivity index (χ2v) is 3.76. The van der Waals surface area contributed by atoms with Gasteiger partial charge in [0.15, 0.2) is 0 Å². The molecule has 2 heteroatoms. The molecule has 0 amide bonds. The highest BCUT2D eigenvalue weighted by atomic mass is 32.1. The predicted molar refractivity (Wildman–Crippen MR) is 62.5 cm³/mol. The smallest absolute Gasteiger partial charge is 0.135 e. The number of hydrogen-bond acceptors (Lipinski definition) is 2. The highest BCUT2D eigenvalue weighted by molar-refractivity contribution is 7.80. The number of hydrogen-bond donors (Lipinski definition) is 1. The van der Waals surface area contributed by atoms with Gasteiger partial charge < -0.3 is 4.74 Å². The third kappa shape index (κ3) is 1.36. The fourth-order valence-electron chi connectivity index (χ4n) is 1.75. The van der Waals surface area contributed by atoms with E-state index in [0.29, 0.717) is 0 Å². The van der Waals surface area contributed by atoms with E-state index in [1.165, 1.54) is 10.8 Å². The molecule has 2 rings (SSSR count). The van der Waals surface area contributed by atoms with Gasteiger partial charge in [0.2, 0.25) is 0 Å². The van der Waals surface area contributed by atoms with Crippen LogP contribution in [-0.4, -0.2) is 7.11 Å². The van der Waals surface area contributed by atoms with Crippen LogP contribution in [0.2, 0.25) is 0 Å². The molecular formula is C12H12OS. The van der Waals surface area contributed by atoms with Gasteiger partial charge in [-0.1, -0.05) is 24.3 Å². The number of benzene rings is 2. The maximum absolute atomic E-state index is 5.31. The summed E-state index contributed by atoms with van der Waals surface area (Å²) in [6.07, 6.45) is 0. The zero-order chi connectivity index (χ0) is 10.1. The van der Waals surface area contributed by atoms with Crippen LogP contribution in [0.5, 0.6) is 5.75 Å². The van der Waals surface area contributed by atoms with Crippen molar-refractivity contribution in [3.05, 3.63) is 35.9 Å². The van der Waals surface area contributed by atoms with Crippen molar-refractivity contribution in [2.45, 2.75) is 11.8 Å². The lowest BCUT2D eigenvalue weighted by Crippen LogP contribution is -1.90. The van der Waals surface area contributed by atoms with Crippen LogP contribution in [0.1, 0.15) is 5.56 Å². The molecule has 0 saturated heterocycles. The lowest BCUT2D eigenvalue weighted by molar-refractivity contribution is 0.403. The van der Waals surface area contributed by atoms with Crippen molar-refractivity contribution in [1.82, 2.24) is 0 Å². The van der Waals surface area contributed by atoms with Gasteiger partial charge in [-0.25, -0.2) is 0 Å². The molecule has 0 N–H and O–H groups in total. The van der Waals surface area contributed by atoms with Crippen LogP contribution in [-0.2, 0) is 0 Å². The summed E-state index contributed by atoms with van der Waals surface area (Å²) < 4.78 is 5.31. The quantitative estimate of drug-likeness (QED) is 0.700. The Morgan fingerprint density at radius 3 is 2.64 bits per heavy atom. The van der Waals surface area contributed by atoms with Crippen LogP contribution in [0.3, 0.4) is 0 Å². The summed E-state index contributed by atoms with van der Waals surface area (Å²) in [4.78, 5) is 0.892. The highest BCUT2D eigenvalue weighted by Crippen LogP contribution is 2.33. The second kappa shape index (κ2) is 3.54. The predicted octanol–water partition coefficient (Wildman–Crippen LogP) is 3.45. The second-order valence-electron chi connectivity index (χ2n) is 3.28. The average Bonchev–Trinajstić information content (AvgIpc) is 2.18. The van der Waals surface area contributed by atoms with Gasteiger partial charge in [0.05, 0.1) is 7.11 Å². The summed E-state index contributed by atoms with van der Waals surface area (Å²) in [6, 6.07) is 10.3. The molecular weight excluding hydrogens is 192 g/mol. The number of methoxy groups -OCH3 is 1. The summed E-state index contributed by atoms with van der Waals surface area (Å²) in [7, 11) is 1.68.